The minimum atomic E-state index is -0.386. The Labute approximate surface area is 119 Å². The summed E-state index contributed by atoms with van der Waals surface area (Å²) in [4.78, 5) is 28.1. The van der Waals surface area contributed by atoms with Crippen molar-refractivity contribution in [2.45, 2.75) is 19.3 Å². The van der Waals surface area contributed by atoms with E-state index in [4.69, 9.17) is 0 Å². The number of aromatic amines is 2. The monoisotopic (exact) mass is 289 g/mol. The molecule has 1 aliphatic heterocycles. The van der Waals surface area contributed by atoms with E-state index in [2.05, 4.69) is 15.2 Å². The SMILES string of the molecule is Cc1ccnc(N2CCC(c3cc(=O)[nH][nH]3)C2)c1[N+](=O)[O-]. The quantitative estimate of drug-likeness (QED) is 0.654. The molecular formula is C13H15N5O3. The molecule has 1 unspecified atom stereocenters. The van der Waals surface area contributed by atoms with Crippen LogP contribution in [0.2, 0.25) is 0 Å². The number of pyridine rings is 1. The van der Waals surface area contributed by atoms with Gasteiger partial charge in [0.15, 0.2) is 0 Å². The number of nitro groups is 1. The fraction of sp³-hybridized carbons (Fsp3) is 0.385. The Morgan fingerprint density at radius 1 is 1.48 bits per heavy atom. The first kappa shape index (κ1) is 13.3. The Morgan fingerprint density at radius 2 is 2.29 bits per heavy atom. The van der Waals surface area contributed by atoms with E-state index >= 15 is 0 Å². The highest BCUT2D eigenvalue weighted by Crippen LogP contribution is 2.34. The summed E-state index contributed by atoms with van der Waals surface area (Å²) >= 11 is 0. The third-order valence-corrected chi connectivity index (χ3v) is 3.83. The summed E-state index contributed by atoms with van der Waals surface area (Å²) in [5.41, 5.74) is 1.32. The number of aryl methyl sites for hydroxylation is 1. The topological polar surface area (TPSA) is 108 Å². The highest BCUT2D eigenvalue weighted by atomic mass is 16.6. The first-order valence-electron chi connectivity index (χ1n) is 6.69. The molecule has 1 fully saturated rings. The molecule has 0 spiro atoms. The van der Waals surface area contributed by atoms with Crippen LogP contribution in [0.15, 0.2) is 23.1 Å². The third kappa shape index (κ3) is 2.39. The molecule has 0 saturated carbocycles. The zero-order valence-corrected chi connectivity index (χ0v) is 11.5. The van der Waals surface area contributed by atoms with Gasteiger partial charge in [0.1, 0.15) is 0 Å². The van der Waals surface area contributed by atoms with Gasteiger partial charge in [-0.1, -0.05) is 0 Å². The average molecular weight is 289 g/mol. The molecule has 1 aliphatic rings. The molecule has 2 aromatic rings. The van der Waals surface area contributed by atoms with E-state index < -0.39 is 0 Å². The second-order valence-electron chi connectivity index (χ2n) is 5.20. The molecule has 0 aromatic carbocycles. The van der Waals surface area contributed by atoms with Gasteiger partial charge in [-0.15, -0.1) is 0 Å². The molecule has 2 aromatic heterocycles. The molecule has 0 aliphatic carbocycles. The molecule has 0 amide bonds. The van der Waals surface area contributed by atoms with Gasteiger partial charge in [0.25, 0.3) is 5.56 Å². The summed E-state index contributed by atoms with van der Waals surface area (Å²) < 4.78 is 0. The van der Waals surface area contributed by atoms with E-state index in [0.717, 1.165) is 12.1 Å². The smallest absolute Gasteiger partial charge is 0.314 e. The number of hydrogen-bond acceptors (Lipinski definition) is 5. The maximum Gasteiger partial charge on any atom is 0.314 e. The van der Waals surface area contributed by atoms with Gasteiger partial charge >= 0.3 is 5.69 Å². The van der Waals surface area contributed by atoms with E-state index in [1.54, 1.807) is 19.2 Å². The summed E-state index contributed by atoms with van der Waals surface area (Å²) in [6.45, 7) is 2.99. The molecule has 3 rings (SSSR count). The fourth-order valence-electron chi connectivity index (χ4n) is 2.77. The zero-order valence-electron chi connectivity index (χ0n) is 11.5. The first-order valence-corrected chi connectivity index (χ1v) is 6.69. The standard InChI is InChI=1S/C13H15N5O3/c1-8-2-4-14-13(12(8)18(20)21)17-5-3-9(7-17)10-6-11(19)16-15-10/h2,4,6,9H,3,5,7H2,1H3,(H2,15,16,19). The summed E-state index contributed by atoms with van der Waals surface area (Å²) in [5.74, 6) is 0.547. The van der Waals surface area contributed by atoms with Gasteiger partial charge in [-0.3, -0.25) is 20.0 Å². The van der Waals surface area contributed by atoms with Crippen molar-refractivity contribution >= 4 is 11.5 Å². The van der Waals surface area contributed by atoms with Crippen LogP contribution in [0.25, 0.3) is 0 Å². The molecule has 21 heavy (non-hydrogen) atoms. The van der Waals surface area contributed by atoms with Crippen LogP contribution in [0.4, 0.5) is 11.5 Å². The van der Waals surface area contributed by atoms with E-state index in [9.17, 15) is 14.9 Å². The Balaban J connectivity index is 1.88. The predicted octanol–water partition coefficient (Wildman–Crippen LogP) is 1.31. The van der Waals surface area contributed by atoms with Gasteiger partial charge in [-0.05, 0) is 19.4 Å². The summed E-state index contributed by atoms with van der Waals surface area (Å²) in [6, 6.07) is 3.17. The Bertz CT molecular complexity index is 735. The molecule has 1 atom stereocenters. The van der Waals surface area contributed by atoms with Crippen molar-refractivity contribution in [3.63, 3.8) is 0 Å². The molecule has 3 heterocycles. The molecule has 2 N–H and O–H groups in total. The minimum Gasteiger partial charge on any atom is -0.350 e. The van der Waals surface area contributed by atoms with Gasteiger partial charge in [0, 0.05) is 42.5 Å². The summed E-state index contributed by atoms with van der Waals surface area (Å²) in [5, 5.41) is 16.6. The normalized spacial score (nSPS) is 18.1. The molecular weight excluding hydrogens is 274 g/mol. The van der Waals surface area contributed by atoms with Crippen LogP contribution in [0.1, 0.15) is 23.6 Å². The van der Waals surface area contributed by atoms with Crippen molar-refractivity contribution in [2.75, 3.05) is 18.0 Å². The van der Waals surface area contributed by atoms with Crippen molar-refractivity contribution in [2.24, 2.45) is 0 Å². The third-order valence-electron chi connectivity index (χ3n) is 3.83. The average Bonchev–Trinajstić information content (AvgIpc) is 3.06. The zero-order chi connectivity index (χ0) is 15.0. The van der Waals surface area contributed by atoms with E-state index in [-0.39, 0.29) is 22.1 Å². The summed E-state index contributed by atoms with van der Waals surface area (Å²) in [7, 11) is 0. The second kappa shape index (κ2) is 5.04. The molecule has 110 valence electrons. The lowest BCUT2D eigenvalue weighted by Crippen LogP contribution is -2.22. The Morgan fingerprint density at radius 3 is 2.95 bits per heavy atom. The lowest BCUT2D eigenvalue weighted by atomic mass is 10.1. The number of nitrogens with one attached hydrogen (secondary N) is 2. The van der Waals surface area contributed by atoms with Gasteiger partial charge in [0.2, 0.25) is 5.82 Å². The molecule has 0 bridgehead atoms. The maximum atomic E-state index is 11.2. The molecule has 0 radical (unpaired) electrons. The lowest BCUT2D eigenvalue weighted by Gasteiger charge is -2.17. The van der Waals surface area contributed by atoms with Crippen molar-refractivity contribution < 1.29 is 4.92 Å². The van der Waals surface area contributed by atoms with Gasteiger partial charge in [-0.2, -0.15) is 0 Å². The van der Waals surface area contributed by atoms with Crippen LogP contribution >= 0.6 is 0 Å². The number of aromatic nitrogens is 3. The Kier molecular flexibility index (Phi) is 3.20. The maximum absolute atomic E-state index is 11.2. The van der Waals surface area contributed by atoms with Crippen LogP contribution in [0.3, 0.4) is 0 Å². The second-order valence-corrected chi connectivity index (χ2v) is 5.20. The van der Waals surface area contributed by atoms with Crippen LogP contribution < -0.4 is 10.5 Å². The van der Waals surface area contributed by atoms with Crippen molar-refractivity contribution in [1.29, 1.82) is 0 Å². The first-order chi connectivity index (χ1) is 10.1. The molecule has 8 heteroatoms. The van der Waals surface area contributed by atoms with Crippen molar-refractivity contribution in [3.05, 3.63) is 50.1 Å². The number of nitrogens with zero attached hydrogens (tertiary/aromatic N) is 3. The van der Waals surface area contributed by atoms with Crippen molar-refractivity contribution in [1.82, 2.24) is 15.2 Å². The highest BCUT2D eigenvalue weighted by Gasteiger charge is 2.31. The fourth-order valence-corrected chi connectivity index (χ4v) is 2.77. The minimum absolute atomic E-state index is 0.0562. The van der Waals surface area contributed by atoms with Crippen LogP contribution in [-0.4, -0.2) is 33.2 Å². The summed E-state index contributed by atoms with van der Waals surface area (Å²) in [6.07, 6.45) is 2.41. The number of H-pyrrole nitrogens is 2. The predicted molar refractivity (Wildman–Crippen MR) is 76.6 cm³/mol. The number of hydrogen-bond donors (Lipinski definition) is 2. The van der Waals surface area contributed by atoms with Gasteiger partial charge in [-0.25, -0.2) is 4.98 Å². The van der Waals surface area contributed by atoms with Gasteiger partial charge < -0.3 is 10.00 Å². The lowest BCUT2D eigenvalue weighted by molar-refractivity contribution is -0.384. The van der Waals surface area contributed by atoms with Gasteiger partial charge in [0.05, 0.1) is 4.92 Å². The van der Waals surface area contributed by atoms with E-state index in [1.807, 2.05) is 4.90 Å². The van der Waals surface area contributed by atoms with E-state index in [0.29, 0.717) is 24.5 Å². The number of anilines is 1. The molecule has 8 nitrogen and oxygen atoms in total. The van der Waals surface area contributed by atoms with Crippen LogP contribution in [-0.2, 0) is 0 Å². The number of rotatable bonds is 3. The van der Waals surface area contributed by atoms with E-state index in [1.165, 1.54) is 6.07 Å². The van der Waals surface area contributed by atoms with Crippen LogP contribution in [0, 0.1) is 17.0 Å². The van der Waals surface area contributed by atoms with Crippen LogP contribution in [0.5, 0.6) is 0 Å². The largest absolute Gasteiger partial charge is 0.350 e. The highest BCUT2D eigenvalue weighted by molar-refractivity contribution is 5.62. The Hall–Kier alpha value is -2.64. The molecule has 1 saturated heterocycles. The van der Waals surface area contributed by atoms with Crippen molar-refractivity contribution in [3.8, 4) is 0 Å².